The van der Waals surface area contributed by atoms with Crippen molar-refractivity contribution in [2.24, 2.45) is 5.10 Å². The summed E-state index contributed by atoms with van der Waals surface area (Å²) in [7, 11) is 0. The number of hydrogen-bond acceptors (Lipinski definition) is 7. The van der Waals surface area contributed by atoms with E-state index in [9.17, 15) is 24.8 Å². The number of non-ortho nitro benzene ring substituents is 1. The molecule has 0 radical (unpaired) electrons. The van der Waals surface area contributed by atoms with E-state index in [0.717, 1.165) is 0 Å². The molecule has 0 spiro atoms. The Morgan fingerprint density at radius 2 is 2.07 bits per heavy atom. The smallest absolute Gasteiger partial charge is 0.334 e. The predicted molar refractivity (Wildman–Crippen MR) is 97.2 cm³/mol. The Morgan fingerprint density at radius 3 is 2.63 bits per heavy atom. The fourth-order valence-electron chi connectivity index (χ4n) is 3.02. The number of nitro benzene ring substituents is 1. The maximum atomic E-state index is 12.0. The van der Waals surface area contributed by atoms with Crippen LogP contribution in [0.5, 0.6) is 0 Å². The maximum Gasteiger partial charge on any atom is 0.334 e. The van der Waals surface area contributed by atoms with Crippen LogP contribution in [0.2, 0.25) is 0 Å². The number of hydrazone groups is 1. The molecule has 0 amide bonds. The normalized spacial score (nSPS) is 16.8. The van der Waals surface area contributed by atoms with Crippen molar-refractivity contribution in [2.45, 2.75) is 33.1 Å². The number of allylic oxidation sites excluding steroid dienone is 1. The van der Waals surface area contributed by atoms with Gasteiger partial charge in [0, 0.05) is 17.8 Å². The molecule has 0 aliphatic carbocycles. The number of rotatable bonds is 7. The van der Waals surface area contributed by atoms with Gasteiger partial charge in [-0.25, -0.2) is 4.79 Å². The number of nitro groups is 1. The first kappa shape index (κ1) is 20.1. The minimum atomic E-state index is -1.17. The van der Waals surface area contributed by atoms with Gasteiger partial charge in [0.15, 0.2) is 0 Å². The summed E-state index contributed by atoms with van der Waals surface area (Å²) in [6.07, 6.45) is 0.413. The molecule has 0 saturated heterocycles. The Labute approximate surface area is 156 Å². The molecule has 0 fully saturated rings. The first-order chi connectivity index (χ1) is 12.8. The molecular weight excluding hydrogens is 354 g/mol. The Kier molecular flexibility index (Phi) is 6.27. The van der Waals surface area contributed by atoms with E-state index in [4.69, 9.17) is 4.74 Å². The lowest BCUT2D eigenvalue weighted by Gasteiger charge is -2.32. The summed E-state index contributed by atoms with van der Waals surface area (Å²) in [4.78, 5) is 34.4. The number of benzene rings is 1. The summed E-state index contributed by atoms with van der Waals surface area (Å²) < 4.78 is 4.92. The van der Waals surface area contributed by atoms with Gasteiger partial charge in [-0.1, -0.05) is 19.1 Å². The summed E-state index contributed by atoms with van der Waals surface area (Å²) in [6, 6.07) is 5.85. The van der Waals surface area contributed by atoms with E-state index in [0.29, 0.717) is 23.4 Å². The van der Waals surface area contributed by atoms with Crippen molar-refractivity contribution in [3.05, 3.63) is 51.2 Å². The lowest BCUT2D eigenvalue weighted by Crippen LogP contribution is -2.35. The predicted octanol–water partition coefficient (Wildman–Crippen LogP) is 2.68. The topological polar surface area (TPSA) is 122 Å². The Bertz CT molecular complexity index is 830. The van der Waals surface area contributed by atoms with E-state index in [-0.39, 0.29) is 24.4 Å². The van der Waals surface area contributed by atoms with Crippen LogP contribution >= 0.6 is 0 Å². The second kappa shape index (κ2) is 8.43. The third-order valence-electron chi connectivity index (χ3n) is 4.24. The first-order valence-electron chi connectivity index (χ1n) is 8.49. The molecule has 0 bridgehead atoms. The van der Waals surface area contributed by atoms with Crippen molar-refractivity contribution in [3.63, 3.8) is 0 Å². The monoisotopic (exact) mass is 375 g/mol. The molecule has 2 rings (SSSR count). The zero-order chi connectivity index (χ0) is 20.1. The molecule has 9 nitrogen and oxygen atoms in total. The van der Waals surface area contributed by atoms with Crippen LogP contribution in [0.3, 0.4) is 0 Å². The molecule has 1 N–H and O–H groups in total. The SMILES string of the molecule is CCOC(=O)CN1N=C(CC)C(c2cccc([N+](=O)[O-])c2)C(C(=O)O)=C1C. The van der Waals surface area contributed by atoms with Crippen LogP contribution in [-0.4, -0.2) is 45.8 Å². The van der Waals surface area contributed by atoms with Gasteiger partial charge in [0.2, 0.25) is 0 Å². The second-order valence-electron chi connectivity index (χ2n) is 5.90. The van der Waals surface area contributed by atoms with Gasteiger partial charge < -0.3 is 9.84 Å². The van der Waals surface area contributed by atoms with Crippen LogP contribution in [0.1, 0.15) is 38.7 Å². The van der Waals surface area contributed by atoms with Crippen LogP contribution in [0.4, 0.5) is 5.69 Å². The lowest BCUT2D eigenvalue weighted by atomic mass is 9.83. The number of ether oxygens (including phenoxy) is 1. The van der Waals surface area contributed by atoms with Gasteiger partial charge in [-0.15, -0.1) is 0 Å². The van der Waals surface area contributed by atoms with Crippen LogP contribution in [-0.2, 0) is 14.3 Å². The van der Waals surface area contributed by atoms with Gasteiger partial charge in [0.25, 0.3) is 5.69 Å². The van der Waals surface area contributed by atoms with E-state index >= 15 is 0 Å². The molecule has 9 heteroatoms. The summed E-state index contributed by atoms with van der Waals surface area (Å²) in [5.74, 6) is -2.42. The number of nitrogens with zero attached hydrogens (tertiary/aromatic N) is 3. The van der Waals surface area contributed by atoms with Crippen molar-refractivity contribution in [1.82, 2.24) is 5.01 Å². The molecule has 1 aromatic carbocycles. The van der Waals surface area contributed by atoms with Gasteiger partial charge in [0.1, 0.15) is 6.54 Å². The van der Waals surface area contributed by atoms with Gasteiger partial charge in [-0.3, -0.25) is 19.9 Å². The van der Waals surface area contributed by atoms with E-state index in [2.05, 4.69) is 5.10 Å². The summed E-state index contributed by atoms with van der Waals surface area (Å²) in [5, 5.41) is 26.6. The third kappa shape index (κ3) is 4.30. The largest absolute Gasteiger partial charge is 0.478 e. The minimum absolute atomic E-state index is 0.0339. The van der Waals surface area contributed by atoms with Crippen LogP contribution in [0.25, 0.3) is 0 Å². The number of aliphatic carboxylic acids is 1. The van der Waals surface area contributed by atoms with E-state index < -0.39 is 22.8 Å². The molecule has 1 heterocycles. The quantitative estimate of drug-likeness (QED) is 0.441. The van der Waals surface area contributed by atoms with Gasteiger partial charge in [-0.2, -0.15) is 5.10 Å². The summed E-state index contributed by atoms with van der Waals surface area (Å²) in [6.45, 7) is 5.05. The Morgan fingerprint density at radius 1 is 1.37 bits per heavy atom. The highest BCUT2D eigenvalue weighted by Gasteiger charge is 2.35. The first-order valence-corrected chi connectivity index (χ1v) is 8.49. The zero-order valence-corrected chi connectivity index (χ0v) is 15.3. The molecule has 0 saturated carbocycles. The van der Waals surface area contributed by atoms with Crippen molar-refractivity contribution >= 4 is 23.3 Å². The highest BCUT2D eigenvalue weighted by atomic mass is 16.6. The lowest BCUT2D eigenvalue weighted by molar-refractivity contribution is -0.384. The fraction of sp³-hybridized carbons (Fsp3) is 0.389. The number of hydrogen-bond donors (Lipinski definition) is 1. The molecule has 27 heavy (non-hydrogen) atoms. The highest BCUT2D eigenvalue weighted by Crippen LogP contribution is 2.36. The molecule has 1 unspecified atom stereocenters. The zero-order valence-electron chi connectivity index (χ0n) is 15.3. The molecular formula is C18H21N3O6. The number of carbonyl (C=O) groups is 2. The van der Waals surface area contributed by atoms with Crippen molar-refractivity contribution in [3.8, 4) is 0 Å². The Hall–Kier alpha value is -3.23. The van der Waals surface area contributed by atoms with Crippen LogP contribution < -0.4 is 0 Å². The average molecular weight is 375 g/mol. The fourth-order valence-corrected chi connectivity index (χ4v) is 3.02. The standard InChI is InChI=1S/C18H21N3O6/c1-4-14-17(12-7-6-8-13(9-12)21(25)26)16(18(23)24)11(3)20(19-14)10-15(22)27-5-2/h6-9,17H,4-5,10H2,1-3H3,(H,23,24). The van der Waals surface area contributed by atoms with Crippen molar-refractivity contribution < 1.29 is 24.4 Å². The average Bonchev–Trinajstić information content (AvgIpc) is 2.62. The number of carboxylic acids is 1. The maximum absolute atomic E-state index is 12.0. The number of carboxylic acid groups (broad SMARTS) is 1. The molecule has 1 aromatic rings. The molecule has 0 aromatic heterocycles. The Balaban J connectivity index is 2.54. The number of esters is 1. The molecule has 144 valence electrons. The van der Waals surface area contributed by atoms with Gasteiger partial charge in [0.05, 0.1) is 28.7 Å². The van der Waals surface area contributed by atoms with Crippen molar-refractivity contribution in [1.29, 1.82) is 0 Å². The van der Waals surface area contributed by atoms with Gasteiger partial charge in [-0.05, 0) is 25.8 Å². The van der Waals surface area contributed by atoms with Gasteiger partial charge >= 0.3 is 11.9 Å². The minimum Gasteiger partial charge on any atom is -0.478 e. The second-order valence-corrected chi connectivity index (χ2v) is 5.90. The van der Waals surface area contributed by atoms with Crippen LogP contribution in [0.15, 0.2) is 40.6 Å². The van der Waals surface area contributed by atoms with Crippen molar-refractivity contribution in [2.75, 3.05) is 13.2 Å². The molecule has 1 aliphatic rings. The highest BCUT2D eigenvalue weighted by molar-refractivity contribution is 6.04. The van der Waals surface area contributed by atoms with Crippen LogP contribution in [0, 0.1) is 10.1 Å². The summed E-state index contributed by atoms with van der Waals surface area (Å²) >= 11 is 0. The van der Waals surface area contributed by atoms with E-state index in [1.807, 2.05) is 6.92 Å². The molecule has 1 atom stereocenters. The van der Waals surface area contributed by atoms with E-state index in [1.54, 1.807) is 19.9 Å². The molecule has 1 aliphatic heterocycles. The van der Waals surface area contributed by atoms with E-state index in [1.165, 1.54) is 23.2 Å². The number of carbonyl (C=O) groups excluding carboxylic acids is 1. The third-order valence-corrected chi connectivity index (χ3v) is 4.24. The summed E-state index contributed by atoms with van der Waals surface area (Å²) in [5.41, 5.74) is 1.18.